The van der Waals surface area contributed by atoms with Crippen LogP contribution >= 0.6 is 0 Å². The molecular weight excluding hydrogens is 511 g/mol. The zero-order chi connectivity index (χ0) is 26.7. The van der Waals surface area contributed by atoms with Gasteiger partial charge in [0.05, 0.1) is 5.69 Å². The largest absolute Gasteiger partial charge is 0.480 e. The van der Waals surface area contributed by atoms with Crippen molar-refractivity contribution in [3.63, 3.8) is 0 Å². The normalized spacial score (nSPS) is 23.0. The first kappa shape index (κ1) is 25.1. The third kappa shape index (κ3) is 4.55. The van der Waals surface area contributed by atoms with Crippen molar-refractivity contribution in [2.45, 2.75) is 32.6 Å². The second-order valence-corrected chi connectivity index (χ2v) is 8.96. The van der Waals surface area contributed by atoms with E-state index in [2.05, 4.69) is 29.8 Å². The molecule has 0 bridgehead atoms. The zero-order valence-corrected chi connectivity index (χ0v) is 19.5. The number of alkyl halides is 6. The number of nitrogens with zero attached hydrogens (tertiary/aromatic N) is 7. The summed E-state index contributed by atoms with van der Waals surface area (Å²) in [6, 6.07) is 1.35. The minimum atomic E-state index is -4.85. The number of aryl methyl sites for hydroxylation is 1. The first-order valence-corrected chi connectivity index (χ1v) is 11.3. The molecule has 0 N–H and O–H groups in total. The molecule has 1 aliphatic heterocycles. The molecule has 15 heteroatoms. The van der Waals surface area contributed by atoms with Crippen LogP contribution in [0.3, 0.4) is 0 Å². The molecule has 4 heterocycles. The van der Waals surface area contributed by atoms with Crippen LogP contribution in [0.4, 0.5) is 42.5 Å². The van der Waals surface area contributed by atoms with E-state index in [0.717, 1.165) is 6.07 Å². The van der Waals surface area contributed by atoms with Crippen molar-refractivity contribution in [3.05, 3.63) is 35.7 Å². The summed E-state index contributed by atoms with van der Waals surface area (Å²) in [5, 5.41) is 3.83. The van der Waals surface area contributed by atoms with E-state index in [0.29, 0.717) is 35.8 Å². The van der Waals surface area contributed by atoms with Gasteiger partial charge in [0.1, 0.15) is 12.0 Å². The Hall–Kier alpha value is -3.52. The summed E-state index contributed by atoms with van der Waals surface area (Å²) in [5.41, 5.74) is -0.915. The number of ether oxygens (including phenoxy) is 1. The topological polar surface area (TPSA) is 80.8 Å². The van der Waals surface area contributed by atoms with Gasteiger partial charge in [0.15, 0.2) is 29.6 Å². The lowest BCUT2D eigenvalue weighted by Gasteiger charge is -2.40. The summed E-state index contributed by atoms with van der Waals surface area (Å²) in [4.78, 5) is 18.1. The maximum absolute atomic E-state index is 14.6. The van der Waals surface area contributed by atoms with E-state index in [-0.39, 0.29) is 35.2 Å². The van der Waals surface area contributed by atoms with Gasteiger partial charge in [-0.15, -0.1) is 5.10 Å². The molecule has 1 unspecified atom stereocenters. The number of rotatable bonds is 5. The highest BCUT2D eigenvalue weighted by molar-refractivity contribution is 5.98. The summed E-state index contributed by atoms with van der Waals surface area (Å²) in [6.07, 6.45) is -7.61. The van der Waals surface area contributed by atoms with Crippen molar-refractivity contribution in [2.24, 2.45) is 22.7 Å². The Kier molecular flexibility index (Phi) is 5.98. The molecule has 3 aromatic heterocycles. The summed E-state index contributed by atoms with van der Waals surface area (Å²) in [7, 11) is 0. The van der Waals surface area contributed by atoms with Crippen LogP contribution in [0.1, 0.15) is 24.7 Å². The molecular formula is C22H20F7N7O. The molecule has 2 aliphatic rings. The van der Waals surface area contributed by atoms with Gasteiger partial charge < -0.3 is 9.64 Å². The SMILES string of the molecule is CC[C@H]1C(=Nc2nc3c(OCC(F)(F)F)ccc(C(F)(F)F)n3n2)[C@@H]2CN(c3ncnc(C)c3F)CC12. The molecule has 2 fully saturated rings. The Morgan fingerprint density at radius 2 is 1.86 bits per heavy atom. The molecule has 198 valence electrons. The van der Waals surface area contributed by atoms with Crippen LogP contribution in [-0.2, 0) is 6.18 Å². The molecule has 8 nitrogen and oxygen atoms in total. The first-order chi connectivity index (χ1) is 17.4. The zero-order valence-electron chi connectivity index (χ0n) is 19.5. The third-order valence-electron chi connectivity index (χ3n) is 6.67. The van der Waals surface area contributed by atoms with Crippen LogP contribution < -0.4 is 9.64 Å². The Balaban J connectivity index is 1.49. The van der Waals surface area contributed by atoms with Crippen molar-refractivity contribution in [1.29, 1.82) is 0 Å². The fourth-order valence-electron chi connectivity index (χ4n) is 5.02. The lowest BCUT2D eigenvalue weighted by molar-refractivity contribution is -0.153. The number of aliphatic imine (C=N–C) groups is 1. The number of fused-ring (bicyclic) bond motifs is 2. The molecule has 0 radical (unpaired) electrons. The van der Waals surface area contributed by atoms with Crippen LogP contribution in [0.15, 0.2) is 23.5 Å². The maximum Gasteiger partial charge on any atom is 0.433 e. The van der Waals surface area contributed by atoms with E-state index >= 15 is 0 Å². The highest BCUT2D eigenvalue weighted by atomic mass is 19.4. The van der Waals surface area contributed by atoms with E-state index in [1.165, 1.54) is 13.3 Å². The van der Waals surface area contributed by atoms with E-state index in [9.17, 15) is 30.7 Å². The molecule has 1 saturated carbocycles. The summed E-state index contributed by atoms with van der Waals surface area (Å²) < 4.78 is 98.2. The Bertz CT molecular complexity index is 1370. The van der Waals surface area contributed by atoms with E-state index in [1.54, 1.807) is 4.90 Å². The predicted molar refractivity (Wildman–Crippen MR) is 116 cm³/mol. The van der Waals surface area contributed by atoms with Crippen LogP contribution in [0.2, 0.25) is 0 Å². The molecule has 0 amide bonds. The molecule has 1 aliphatic carbocycles. The number of hydrogen-bond donors (Lipinski definition) is 0. The lowest BCUT2D eigenvalue weighted by Crippen LogP contribution is -2.46. The standard InChI is InChI=1S/C22H20F7N7O/c1-3-11-12-6-35(19-16(23)10(2)30-9-31-19)7-13(12)17(11)32-20-33-18-14(37-8-21(24,25)26)4-5-15(22(27,28)29)36(18)34-20/h4-5,9,11-13H,3,6-8H2,1-2H3/t11-,12?,13-/m1/s1. The molecule has 5 rings (SSSR count). The van der Waals surface area contributed by atoms with Crippen molar-refractivity contribution in [2.75, 3.05) is 24.6 Å². The Morgan fingerprint density at radius 1 is 1.11 bits per heavy atom. The number of hydrogen-bond acceptors (Lipinski definition) is 7. The van der Waals surface area contributed by atoms with Crippen molar-refractivity contribution >= 4 is 23.1 Å². The van der Waals surface area contributed by atoms with Crippen molar-refractivity contribution in [3.8, 4) is 5.75 Å². The fraction of sp³-hybridized carbons (Fsp3) is 0.500. The summed E-state index contributed by atoms with van der Waals surface area (Å²) >= 11 is 0. The summed E-state index contributed by atoms with van der Waals surface area (Å²) in [6.45, 7) is 2.65. The number of anilines is 1. The summed E-state index contributed by atoms with van der Waals surface area (Å²) in [5.74, 6) is -1.25. The lowest BCUT2D eigenvalue weighted by atomic mass is 9.63. The van der Waals surface area contributed by atoms with Gasteiger partial charge in [-0.2, -0.15) is 31.3 Å². The third-order valence-corrected chi connectivity index (χ3v) is 6.67. The minimum Gasteiger partial charge on any atom is -0.480 e. The van der Waals surface area contributed by atoms with E-state index < -0.39 is 41.9 Å². The average molecular weight is 531 g/mol. The minimum absolute atomic E-state index is 0.0457. The molecule has 1 saturated heterocycles. The Morgan fingerprint density at radius 3 is 2.54 bits per heavy atom. The van der Waals surface area contributed by atoms with Gasteiger partial charge in [-0.3, -0.25) is 0 Å². The predicted octanol–water partition coefficient (Wildman–Crippen LogP) is 4.79. The number of pyridine rings is 1. The molecule has 0 spiro atoms. The smallest absolute Gasteiger partial charge is 0.433 e. The monoisotopic (exact) mass is 531 g/mol. The molecule has 37 heavy (non-hydrogen) atoms. The van der Waals surface area contributed by atoms with Gasteiger partial charge in [-0.1, -0.05) is 6.92 Å². The van der Waals surface area contributed by atoms with E-state index in [1.807, 2.05) is 6.92 Å². The molecule has 3 atom stereocenters. The van der Waals surface area contributed by atoms with Gasteiger partial charge in [0.2, 0.25) is 0 Å². The molecule has 0 aromatic carbocycles. The van der Waals surface area contributed by atoms with Gasteiger partial charge in [0, 0.05) is 30.6 Å². The second-order valence-electron chi connectivity index (χ2n) is 8.96. The highest BCUT2D eigenvalue weighted by Crippen LogP contribution is 2.47. The van der Waals surface area contributed by atoms with E-state index in [4.69, 9.17) is 0 Å². The van der Waals surface area contributed by atoms with Crippen molar-refractivity contribution in [1.82, 2.24) is 24.6 Å². The van der Waals surface area contributed by atoms with Gasteiger partial charge in [-0.05, 0) is 31.4 Å². The Labute approximate surface area is 205 Å². The fourth-order valence-corrected chi connectivity index (χ4v) is 5.02. The number of aromatic nitrogens is 5. The van der Waals surface area contributed by atoms with Crippen LogP contribution in [0.5, 0.6) is 5.75 Å². The van der Waals surface area contributed by atoms with Gasteiger partial charge >= 0.3 is 12.4 Å². The molecule has 3 aromatic rings. The van der Waals surface area contributed by atoms with Crippen LogP contribution in [0, 0.1) is 30.5 Å². The highest BCUT2D eigenvalue weighted by Gasteiger charge is 2.52. The number of halogens is 7. The quantitative estimate of drug-likeness (QED) is 0.441. The first-order valence-electron chi connectivity index (χ1n) is 11.3. The van der Waals surface area contributed by atoms with Crippen LogP contribution in [0.25, 0.3) is 5.65 Å². The average Bonchev–Trinajstić information content (AvgIpc) is 3.39. The second kappa shape index (κ2) is 8.80. The van der Waals surface area contributed by atoms with Crippen LogP contribution in [-0.4, -0.2) is 56.2 Å². The maximum atomic E-state index is 14.6. The van der Waals surface area contributed by atoms with Crippen molar-refractivity contribution < 1.29 is 35.5 Å². The van der Waals surface area contributed by atoms with Gasteiger partial charge in [-0.25, -0.2) is 23.9 Å². The van der Waals surface area contributed by atoms with Gasteiger partial charge in [0.25, 0.3) is 5.95 Å².